The molecule has 1 heterocycles. The Labute approximate surface area is 66.9 Å². The van der Waals surface area contributed by atoms with E-state index in [2.05, 4.69) is 17.4 Å². The number of benzene rings is 1. The van der Waals surface area contributed by atoms with Gasteiger partial charge in [0.25, 0.3) is 0 Å². The molecule has 1 N–H and O–H groups in total. The molecule has 0 unspecified atom stereocenters. The molecule has 1 aliphatic rings. The molecule has 1 radical (unpaired) electrons. The molecule has 1 atom stereocenters. The zero-order valence-corrected chi connectivity index (χ0v) is 6.16. The molecule has 0 amide bonds. The van der Waals surface area contributed by atoms with Gasteiger partial charge in [-0.15, -0.1) is 0 Å². The molecular weight excluding hydrogens is 137 g/mol. The maximum Gasteiger partial charge on any atom is 0.396 e. The van der Waals surface area contributed by atoms with Crippen LogP contribution in [0.25, 0.3) is 0 Å². The molecule has 0 spiro atoms. The third-order valence-electron chi connectivity index (χ3n) is 1.79. The molecular formula is C8H9BNO. The van der Waals surface area contributed by atoms with Crippen molar-refractivity contribution in [3.8, 4) is 0 Å². The van der Waals surface area contributed by atoms with Crippen molar-refractivity contribution in [1.82, 2.24) is 5.23 Å². The Hall–Kier alpha value is -0.795. The Morgan fingerprint density at radius 1 is 1.36 bits per heavy atom. The van der Waals surface area contributed by atoms with Crippen molar-refractivity contribution in [2.75, 3.05) is 6.54 Å². The van der Waals surface area contributed by atoms with Gasteiger partial charge < -0.3 is 9.88 Å². The minimum atomic E-state index is 0.205. The third kappa shape index (κ3) is 1.44. The largest absolute Gasteiger partial charge is 0.416 e. The van der Waals surface area contributed by atoms with Crippen LogP contribution in [0.2, 0.25) is 0 Å². The average molecular weight is 146 g/mol. The molecule has 1 aliphatic heterocycles. The van der Waals surface area contributed by atoms with E-state index in [0.717, 1.165) is 6.54 Å². The first kappa shape index (κ1) is 6.89. The lowest BCUT2D eigenvalue weighted by molar-refractivity contribution is 0.259. The van der Waals surface area contributed by atoms with Crippen molar-refractivity contribution in [3.63, 3.8) is 0 Å². The number of rotatable bonds is 1. The highest BCUT2D eigenvalue weighted by molar-refractivity contribution is 6.24. The molecule has 0 saturated carbocycles. The average Bonchev–Trinajstić information content (AvgIpc) is 2.58. The third-order valence-corrected chi connectivity index (χ3v) is 1.79. The zero-order chi connectivity index (χ0) is 7.52. The summed E-state index contributed by atoms with van der Waals surface area (Å²) in [5.74, 6) is 0. The summed E-state index contributed by atoms with van der Waals surface area (Å²) >= 11 is 0. The molecule has 0 aliphatic carbocycles. The summed E-state index contributed by atoms with van der Waals surface area (Å²) in [7, 11) is 1.65. The van der Waals surface area contributed by atoms with Gasteiger partial charge in [0.15, 0.2) is 0 Å². The summed E-state index contributed by atoms with van der Waals surface area (Å²) < 4.78 is 5.30. The van der Waals surface area contributed by atoms with Gasteiger partial charge in [-0.3, -0.25) is 0 Å². The van der Waals surface area contributed by atoms with Crippen LogP contribution >= 0.6 is 0 Å². The van der Waals surface area contributed by atoms with Gasteiger partial charge in [-0.25, -0.2) is 0 Å². The van der Waals surface area contributed by atoms with Crippen LogP contribution in [-0.2, 0) is 4.65 Å². The molecule has 0 aromatic heterocycles. The van der Waals surface area contributed by atoms with Crippen LogP contribution in [0.4, 0.5) is 0 Å². The van der Waals surface area contributed by atoms with E-state index in [1.165, 1.54) is 5.56 Å². The summed E-state index contributed by atoms with van der Waals surface area (Å²) in [6.07, 6.45) is 0.205. The van der Waals surface area contributed by atoms with Crippen molar-refractivity contribution >= 4 is 7.62 Å². The van der Waals surface area contributed by atoms with E-state index < -0.39 is 0 Å². The molecule has 1 aromatic carbocycles. The smallest absolute Gasteiger partial charge is 0.396 e. The summed E-state index contributed by atoms with van der Waals surface area (Å²) in [6.45, 7) is 0.879. The number of hydrogen-bond acceptors (Lipinski definition) is 2. The van der Waals surface area contributed by atoms with Crippen LogP contribution < -0.4 is 5.23 Å². The van der Waals surface area contributed by atoms with Crippen LogP contribution in [0.15, 0.2) is 30.3 Å². The molecule has 11 heavy (non-hydrogen) atoms. The Kier molecular flexibility index (Phi) is 1.92. The fraction of sp³-hybridized carbons (Fsp3) is 0.250. The van der Waals surface area contributed by atoms with Gasteiger partial charge in [0, 0.05) is 6.54 Å². The van der Waals surface area contributed by atoms with E-state index in [4.69, 9.17) is 4.65 Å². The lowest BCUT2D eigenvalue weighted by atomic mass is 10.1. The van der Waals surface area contributed by atoms with E-state index in [9.17, 15) is 0 Å². The molecule has 1 fully saturated rings. The van der Waals surface area contributed by atoms with E-state index in [1.807, 2.05) is 18.2 Å². The van der Waals surface area contributed by atoms with Gasteiger partial charge in [-0.05, 0) is 5.56 Å². The van der Waals surface area contributed by atoms with Gasteiger partial charge >= 0.3 is 7.62 Å². The normalized spacial score (nSPS) is 23.1. The van der Waals surface area contributed by atoms with E-state index in [-0.39, 0.29) is 6.10 Å². The van der Waals surface area contributed by atoms with E-state index >= 15 is 0 Å². The summed E-state index contributed by atoms with van der Waals surface area (Å²) in [5, 5.41) is 3.02. The second kappa shape index (κ2) is 3.07. The molecule has 2 nitrogen and oxygen atoms in total. The van der Waals surface area contributed by atoms with Gasteiger partial charge in [-0.2, -0.15) is 0 Å². The summed E-state index contributed by atoms with van der Waals surface area (Å²) in [6, 6.07) is 10.2. The minimum absolute atomic E-state index is 0.205. The maximum atomic E-state index is 5.30. The fourth-order valence-electron chi connectivity index (χ4n) is 1.20. The Bertz CT molecular complexity index is 221. The van der Waals surface area contributed by atoms with Crippen LogP contribution in [0.5, 0.6) is 0 Å². The van der Waals surface area contributed by atoms with Crippen molar-refractivity contribution in [2.24, 2.45) is 0 Å². The van der Waals surface area contributed by atoms with Gasteiger partial charge in [0.2, 0.25) is 0 Å². The minimum Gasteiger partial charge on any atom is -0.416 e. The number of nitrogens with one attached hydrogen (secondary N) is 1. The second-order valence-electron chi connectivity index (χ2n) is 2.56. The Morgan fingerprint density at radius 3 is 2.82 bits per heavy atom. The van der Waals surface area contributed by atoms with Crippen molar-refractivity contribution < 1.29 is 4.65 Å². The zero-order valence-electron chi connectivity index (χ0n) is 6.16. The highest BCUT2D eigenvalue weighted by atomic mass is 16.5. The molecule has 1 aromatic rings. The van der Waals surface area contributed by atoms with Crippen molar-refractivity contribution in [1.29, 1.82) is 0 Å². The molecule has 55 valence electrons. The molecule has 2 rings (SSSR count). The van der Waals surface area contributed by atoms with Crippen LogP contribution in [0.3, 0.4) is 0 Å². The van der Waals surface area contributed by atoms with E-state index in [1.54, 1.807) is 7.62 Å². The molecule has 3 heteroatoms. The van der Waals surface area contributed by atoms with E-state index in [0.29, 0.717) is 0 Å². The quantitative estimate of drug-likeness (QED) is 0.593. The van der Waals surface area contributed by atoms with Crippen LogP contribution in [-0.4, -0.2) is 14.2 Å². The maximum absolute atomic E-state index is 5.30. The van der Waals surface area contributed by atoms with Crippen molar-refractivity contribution in [2.45, 2.75) is 6.10 Å². The predicted octanol–water partition coefficient (Wildman–Crippen LogP) is 0.882. The number of hydrogen-bond donors (Lipinski definition) is 1. The predicted molar refractivity (Wildman–Crippen MR) is 44.0 cm³/mol. The lowest BCUT2D eigenvalue weighted by Crippen LogP contribution is -2.10. The topological polar surface area (TPSA) is 21.3 Å². The first-order valence-corrected chi connectivity index (χ1v) is 3.72. The molecule has 1 saturated heterocycles. The summed E-state index contributed by atoms with van der Waals surface area (Å²) in [5.41, 5.74) is 1.23. The van der Waals surface area contributed by atoms with Gasteiger partial charge in [0.1, 0.15) is 0 Å². The highest BCUT2D eigenvalue weighted by Gasteiger charge is 2.17. The van der Waals surface area contributed by atoms with Crippen LogP contribution in [0.1, 0.15) is 11.7 Å². The van der Waals surface area contributed by atoms with Gasteiger partial charge in [0.05, 0.1) is 6.10 Å². The summed E-state index contributed by atoms with van der Waals surface area (Å²) in [4.78, 5) is 0. The monoisotopic (exact) mass is 146 g/mol. The SMILES string of the molecule is [B]1NC[C@@H](c2ccccc2)O1. The van der Waals surface area contributed by atoms with Gasteiger partial charge in [-0.1, -0.05) is 30.3 Å². The fourth-order valence-corrected chi connectivity index (χ4v) is 1.20. The van der Waals surface area contributed by atoms with Crippen molar-refractivity contribution in [3.05, 3.63) is 35.9 Å². The highest BCUT2D eigenvalue weighted by Crippen LogP contribution is 2.17. The van der Waals surface area contributed by atoms with Crippen LogP contribution in [0, 0.1) is 0 Å². The Balaban J connectivity index is 2.16. The lowest BCUT2D eigenvalue weighted by Gasteiger charge is -2.07. The Morgan fingerprint density at radius 2 is 2.18 bits per heavy atom. The second-order valence-corrected chi connectivity index (χ2v) is 2.56. The first-order valence-electron chi connectivity index (χ1n) is 3.72. The molecule has 0 bridgehead atoms. The first-order chi connectivity index (χ1) is 5.47. The standard InChI is InChI=1S/C8H9BNO/c1-2-4-7(5-3-1)8-6-10-9-11-8/h1-5,8,10H,6H2/t8-/m0/s1.